The summed E-state index contributed by atoms with van der Waals surface area (Å²) in [5, 5.41) is 9.32. The molecule has 94 valence electrons. The lowest BCUT2D eigenvalue weighted by atomic mass is 10.00. The van der Waals surface area contributed by atoms with E-state index in [1.165, 1.54) is 25.8 Å². The molecule has 0 bridgehead atoms. The van der Waals surface area contributed by atoms with E-state index in [1.54, 1.807) is 0 Å². The van der Waals surface area contributed by atoms with Crippen molar-refractivity contribution < 1.29 is 5.11 Å². The Morgan fingerprint density at radius 1 is 1.31 bits per heavy atom. The maximum atomic E-state index is 9.32. The Morgan fingerprint density at radius 2 is 2.00 bits per heavy atom. The van der Waals surface area contributed by atoms with Gasteiger partial charge in [-0.05, 0) is 38.0 Å². The molecule has 0 radical (unpaired) electrons. The molecule has 3 heteroatoms. The summed E-state index contributed by atoms with van der Waals surface area (Å²) in [5.41, 5.74) is 5.86. The van der Waals surface area contributed by atoms with Gasteiger partial charge in [-0.1, -0.05) is 13.8 Å². The normalized spacial score (nSPS) is 35.2. The van der Waals surface area contributed by atoms with E-state index < -0.39 is 0 Å². The van der Waals surface area contributed by atoms with Crippen LogP contribution in [0.4, 0.5) is 0 Å². The Morgan fingerprint density at radius 3 is 2.44 bits per heavy atom. The molecule has 2 fully saturated rings. The van der Waals surface area contributed by atoms with E-state index in [9.17, 15) is 5.11 Å². The van der Waals surface area contributed by atoms with E-state index in [2.05, 4.69) is 18.7 Å². The van der Waals surface area contributed by atoms with Crippen molar-refractivity contribution in [1.82, 2.24) is 4.90 Å². The lowest BCUT2D eigenvalue weighted by molar-refractivity contribution is 0.147. The van der Waals surface area contributed by atoms with Crippen molar-refractivity contribution in [2.75, 3.05) is 13.2 Å². The second-order valence-electron chi connectivity index (χ2n) is 6.24. The summed E-state index contributed by atoms with van der Waals surface area (Å²) in [6, 6.07) is 1.43. The number of hydrogen-bond acceptors (Lipinski definition) is 3. The van der Waals surface area contributed by atoms with Gasteiger partial charge < -0.3 is 10.8 Å². The highest BCUT2D eigenvalue weighted by Gasteiger charge is 2.42. The smallest absolute Gasteiger partial charge is 0.0611 e. The minimum Gasteiger partial charge on any atom is -0.394 e. The zero-order chi connectivity index (χ0) is 11.8. The molecule has 0 spiro atoms. The molecule has 0 heterocycles. The largest absolute Gasteiger partial charge is 0.394 e. The lowest BCUT2D eigenvalue weighted by Crippen LogP contribution is -2.44. The fourth-order valence-electron chi connectivity index (χ4n) is 2.98. The van der Waals surface area contributed by atoms with Crippen molar-refractivity contribution in [3.63, 3.8) is 0 Å². The van der Waals surface area contributed by atoms with Crippen molar-refractivity contribution in [3.05, 3.63) is 0 Å². The average molecular weight is 226 g/mol. The van der Waals surface area contributed by atoms with E-state index in [-0.39, 0.29) is 12.1 Å². The van der Waals surface area contributed by atoms with Gasteiger partial charge in [0, 0.05) is 24.2 Å². The highest BCUT2D eigenvalue weighted by atomic mass is 16.3. The van der Waals surface area contributed by atoms with Crippen molar-refractivity contribution >= 4 is 0 Å². The summed E-state index contributed by atoms with van der Waals surface area (Å²) in [6.45, 7) is 5.90. The van der Waals surface area contributed by atoms with E-state index in [1.807, 2.05) is 0 Å². The SMILES string of the molecule is CC(C)CN(C1CC1)C1CCC(N)(CO)C1. The predicted octanol–water partition coefficient (Wildman–Crippen LogP) is 1.35. The molecule has 2 saturated carbocycles. The summed E-state index contributed by atoms with van der Waals surface area (Å²) < 4.78 is 0. The van der Waals surface area contributed by atoms with Crippen LogP contribution in [0, 0.1) is 5.92 Å². The second kappa shape index (κ2) is 4.63. The first-order valence-corrected chi connectivity index (χ1v) is 6.69. The molecule has 0 amide bonds. The van der Waals surface area contributed by atoms with Crippen LogP contribution in [0.3, 0.4) is 0 Å². The van der Waals surface area contributed by atoms with Crippen LogP contribution in [0.25, 0.3) is 0 Å². The number of nitrogens with two attached hydrogens (primary N) is 1. The standard InChI is InChI=1S/C13H26N2O/c1-10(2)8-15(11-3-4-11)12-5-6-13(14,7-12)9-16/h10-12,16H,3-9,14H2,1-2H3. The van der Waals surface area contributed by atoms with E-state index in [4.69, 9.17) is 5.73 Å². The Balaban J connectivity index is 1.94. The maximum absolute atomic E-state index is 9.32. The molecule has 0 aromatic heterocycles. The minimum absolute atomic E-state index is 0.143. The molecule has 16 heavy (non-hydrogen) atoms. The van der Waals surface area contributed by atoms with Crippen LogP contribution in [0.15, 0.2) is 0 Å². The zero-order valence-corrected chi connectivity index (χ0v) is 10.7. The summed E-state index contributed by atoms with van der Waals surface area (Å²) >= 11 is 0. The first-order chi connectivity index (χ1) is 7.54. The number of hydrogen-bond donors (Lipinski definition) is 2. The number of nitrogens with zero attached hydrogens (tertiary/aromatic N) is 1. The van der Waals surface area contributed by atoms with Crippen molar-refractivity contribution in [1.29, 1.82) is 0 Å². The average Bonchev–Trinajstić information content (AvgIpc) is 2.99. The number of aliphatic hydroxyl groups is 1. The molecule has 0 aromatic carbocycles. The first kappa shape index (κ1) is 12.3. The quantitative estimate of drug-likeness (QED) is 0.744. The fourth-order valence-corrected chi connectivity index (χ4v) is 2.98. The van der Waals surface area contributed by atoms with Crippen LogP contribution in [0.5, 0.6) is 0 Å². The molecule has 0 saturated heterocycles. The van der Waals surface area contributed by atoms with Gasteiger partial charge >= 0.3 is 0 Å². The molecule has 2 rings (SSSR count). The molecule has 2 atom stereocenters. The van der Waals surface area contributed by atoms with Crippen LogP contribution in [-0.2, 0) is 0 Å². The second-order valence-corrected chi connectivity index (χ2v) is 6.24. The molecular formula is C13H26N2O. The van der Waals surface area contributed by atoms with Gasteiger partial charge in [-0.15, -0.1) is 0 Å². The Labute approximate surface area is 99.0 Å². The van der Waals surface area contributed by atoms with Gasteiger partial charge in [0.05, 0.1) is 6.61 Å². The van der Waals surface area contributed by atoms with Gasteiger partial charge in [-0.3, -0.25) is 4.90 Å². The Kier molecular flexibility index (Phi) is 3.57. The first-order valence-electron chi connectivity index (χ1n) is 6.69. The van der Waals surface area contributed by atoms with Gasteiger partial charge in [-0.2, -0.15) is 0 Å². The third-order valence-electron chi connectivity index (χ3n) is 3.99. The molecule has 2 aliphatic carbocycles. The highest BCUT2D eigenvalue weighted by Crippen LogP contribution is 2.37. The van der Waals surface area contributed by atoms with Crippen molar-refractivity contribution in [2.24, 2.45) is 11.7 Å². The van der Waals surface area contributed by atoms with Gasteiger partial charge in [-0.25, -0.2) is 0 Å². The minimum atomic E-state index is -0.297. The molecule has 2 aliphatic rings. The summed E-state index contributed by atoms with van der Waals surface area (Å²) in [6.07, 6.45) is 5.85. The van der Waals surface area contributed by atoms with Crippen LogP contribution in [-0.4, -0.2) is 40.8 Å². The third kappa shape index (κ3) is 2.76. The van der Waals surface area contributed by atoms with E-state index in [0.29, 0.717) is 6.04 Å². The van der Waals surface area contributed by atoms with Crippen molar-refractivity contribution in [2.45, 2.75) is 63.6 Å². The zero-order valence-electron chi connectivity index (χ0n) is 10.7. The van der Waals surface area contributed by atoms with Gasteiger partial charge in [0.15, 0.2) is 0 Å². The van der Waals surface area contributed by atoms with Crippen molar-refractivity contribution in [3.8, 4) is 0 Å². The Hall–Kier alpha value is -0.120. The highest BCUT2D eigenvalue weighted by molar-refractivity contribution is 5.00. The molecule has 0 aromatic rings. The van der Waals surface area contributed by atoms with Crippen LogP contribution in [0.1, 0.15) is 46.0 Å². The summed E-state index contributed by atoms with van der Waals surface area (Å²) in [5.74, 6) is 0.725. The third-order valence-corrected chi connectivity index (χ3v) is 3.99. The summed E-state index contributed by atoms with van der Waals surface area (Å²) in [4.78, 5) is 2.66. The summed E-state index contributed by atoms with van der Waals surface area (Å²) in [7, 11) is 0. The van der Waals surface area contributed by atoms with Gasteiger partial charge in [0.1, 0.15) is 0 Å². The van der Waals surface area contributed by atoms with Gasteiger partial charge in [0.25, 0.3) is 0 Å². The van der Waals surface area contributed by atoms with E-state index in [0.717, 1.165) is 24.8 Å². The fraction of sp³-hybridized carbons (Fsp3) is 1.00. The molecule has 2 unspecified atom stereocenters. The van der Waals surface area contributed by atoms with Crippen LogP contribution >= 0.6 is 0 Å². The van der Waals surface area contributed by atoms with Crippen LogP contribution in [0.2, 0.25) is 0 Å². The molecule has 3 nitrogen and oxygen atoms in total. The van der Waals surface area contributed by atoms with E-state index >= 15 is 0 Å². The number of rotatable bonds is 5. The lowest BCUT2D eigenvalue weighted by Gasteiger charge is -2.31. The molecule has 3 N–H and O–H groups in total. The maximum Gasteiger partial charge on any atom is 0.0611 e. The monoisotopic (exact) mass is 226 g/mol. The molecule has 0 aliphatic heterocycles. The Bertz CT molecular complexity index is 240. The topological polar surface area (TPSA) is 49.5 Å². The predicted molar refractivity (Wildman–Crippen MR) is 66.2 cm³/mol. The van der Waals surface area contributed by atoms with Crippen LogP contribution < -0.4 is 5.73 Å². The number of aliphatic hydroxyl groups excluding tert-OH is 1. The van der Waals surface area contributed by atoms with Gasteiger partial charge in [0.2, 0.25) is 0 Å². The molecular weight excluding hydrogens is 200 g/mol.